The minimum atomic E-state index is -4.82. The van der Waals surface area contributed by atoms with Crippen LogP contribution in [-0.2, 0) is 0 Å². The Kier molecular flexibility index (Phi) is 3.32. The summed E-state index contributed by atoms with van der Waals surface area (Å²) in [6, 6.07) is 3.40. The zero-order valence-corrected chi connectivity index (χ0v) is 8.41. The SMILES string of the molecule is N#Cc1c(Cl)cc(OC(F)(F)F)cc1Cl. The molecule has 0 atom stereocenters. The van der Waals surface area contributed by atoms with E-state index in [4.69, 9.17) is 28.5 Å². The molecular formula is C8H2Cl2F3NO. The Balaban J connectivity index is 3.11. The number of alkyl halides is 3. The average molecular weight is 256 g/mol. The molecule has 0 bridgehead atoms. The van der Waals surface area contributed by atoms with Gasteiger partial charge in [0.2, 0.25) is 0 Å². The molecule has 1 aromatic rings. The quantitative estimate of drug-likeness (QED) is 0.766. The Morgan fingerprint density at radius 1 is 1.20 bits per heavy atom. The Hall–Kier alpha value is -1.12. The number of rotatable bonds is 1. The Morgan fingerprint density at radius 3 is 2.00 bits per heavy atom. The van der Waals surface area contributed by atoms with Crippen molar-refractivity contribution < 1.29 is 17.9 Å². The topological polar surface area (TPSA) is 33.0 Å². The van der Waals surface area contributed by atoms with Crippen LogP contribution in [0.1, 0.15) is 5.56 Å². The molecule has 0 saturated heterocycles. The number of nitrogens with zero attached hydrogens (tertiary/aromatic N) is 1. The van der Waals surface area contributed by atoms with Gasteiger partial charge in [0.05, 0.1) is 15.6 Å². The third-order valence-electron chi connectivity index (χ3n) is 1.36. The van der Waals surface area contributed by atoms with Gasteiger partial charge in [-0.3, -0.25) is 0 Å². The smallest absolute Gasteiger partial charge is 0.406 e. The maximum Gasteiger partial charge on any atom is 0.573 e. The molecule has 80 valence electrons. The number of halogens is 5. The summed E-state index contributed by atoms with van der Waals surface area (Å²) in [7, 11) is 0. The first-order chi connectivity index (χ1) is 6.83. The summed E-state index contributed by atoms with van der Waals surface area (Å²) in [5.41, 5.74) is -0.0899. The number of hydrogen-bond acceptors (Lipinski definition) is 2. The lowest BCUT2D eigenvalue weighted by molar-refractivity contribution is -0.274. The van der Waals surface area contributed by atoms with Gasteiger partial charge in [-0.2, -0.15) is 5.26 Å². The fraction of sp³-hybridized carbons (Fsp3) is 0.125. The van der Waals surface area contributed by atoms with Crippen molar-refractivity contribution in [1.29, 1.82) is 5.26 Å². The van der Waals surface area contributed by atoms with E-state index < -0.39 is 12.1 Å². The van der Waals surface area contributed by atoms with Gasteiger partial charge < -0.3 is 4.74 Å². The van der Waals surface area contributed by atoms with E-state index in [9.17, 15) is 13.2 Å². The molecule has 0 heterocycles. The summed E-state index contributed by atoms with van der Waals surface area (Å²) in [6.45, 7) is 0. The maximum atomic E-state index is 11.8. The number of benzene rings is 1. The molecule has 0 aliphatic rings. The molecule has 0 aliphatic carbocycles. The Bertz CT molecular complexity index is 402. The van der Waals surface area contributed by atoms with Gasteiger partial charge in [-0.25, -0.2) is 0 Å². The van der Waals surface area contributed by atoms with Gasteiger partial charge in [0.15, 0.2) is 0 Å². The van der Waals surface area contributed by atoms with Crippen LogP contribution in [0.5, 0.6) is 5.75 Å². The summed E-state index contributed by atoms with van der Waals surface area (Å²) in [4.78, 5) is 0. The summed E-state index contributed by atoms with van der Waals surface area (Å²) in [5.74, 6) is -0.559. The van der Waals surface area contributed by atoms with E-state index in [-0.39, 0.29) is 15.6 Å². The van der Waals surface area contributed by atoms with Gasteiger partial charge in [-0.1, -0.05) is 23.2 Å². The highest BCUT2D eigenvalue weighted by molar-refractivity contribution is 6.36. The standard InChI is InChI=1S/C8H2Cl2F3NO/c9-6-1-4(15-8(11,12)13)2-7(10)5(6)3-14/h1-2H. The number of ether oxygens (including phenoxy) is 1. The van der Waals surface area contributed by atoms with Crippen LogP contribution in [-0.4, -0.2) is 6.36 Å². The van der Waals surface area contributed by atoms with Crippen molar-refractivity contribution in [3.63, 3.8) is 0 Å². The van der Waals surface area contributed by atoms with Crippen LogP contribution in [0, 0.1) is 11.3 Å². The fourth-order valence-electron chi connectivity index (χ4n) is 0.849. The minimum absolute atomic E-state index is 0.0899. The molecule has 0 N–H and O–H groups in total. The van der Waals surface area contributed by atoms with E-state index in [2.05, 4.69) is 4.74 Å². The molecular weight excluding hydrogens is 254 g/mol. The molecule has 1 rings (SSSR count). The normalized spacial score (nSPS) is 10.9. The summed E-state index contributed by atoms with van der Waals surface area (Å²) in [5, 5.41) is 8.16. The summed E-state index contributed by atoms with van der Waals surface area (Å²) >= 11 is 11.0. The van der Waals surface area contributed by atoms with Crippen molar-refractivity contribution in [3.05, 3.63) is 27.7 Å². The first-order valence-electron chi connectivity index (χ1n) is 3.48. The van der Waals surface area contributed by atoms with E-state index in [1.54, 1.807) is 6.07 Å². The minimum Gasteiger partial charge on any atom is -0.406 e. The Labute approximate surface area is 92.8 Å². The van der Waals surface area contributed by atoms with Gasteiger partial charge in [-0.05, 0) is 0 Å². The van der Waals surface area contributed by atoms with Crippen LogP contribution in [0.2, 0.25) is 10.0 Å². The van der Waals surface area contributed by atoms with Gasteiger partial charge in [0.25, 0.3) is 0 Å². The fourth-order valence-corrected chi connectivity index (χ4v) is 1.40. The first kappa shape index (κ1) is 12.0. The highest BCUT2D eigenvalue weighted by atomic mass is 35.5. The lowest BCUT2D eigenvalue weighted by Crippen LogP contribution is -2.17. The van der Waals surface area contributed by atoms with Crippen LogP contribution in [0.25, 0.3) is 0 Å². The molecule has 0 aromatic heterocycles. The lowest BCUT2D eigenvalue weighted by Gasteiger charge is -2.09. The van der Waals surface area contributed by atoms with Crippen LogP contribution in [0.4, 0.5) is 13.2 Å². The van der Waals surface area contributed by atoms with E-state index in [0.717, 1.165) is 12.1 Å². The van der Waals surface area contributed by atoms with Crippen LogP contribution in [0.15, 0.2) is 12.1 Å². The second-order valence-electron chi connectivity index (χ2n) is 2.42. The lowest BCUT2D eigenvalue weighted by atomic mass is 10.2. The molecule has 15 heavy (non-hydrogen) atoms. The molecule has 0 saturated carbocycles. The van der Waals surface area contributed by atoms with Crippen molar-refractivity contribution in [2.24, 2.45) is 0 Å². The van der Waals surface area contributed by atoms with Crippen LogP contribution in [0.3, 0.4) is 0 Å². The van der Waals surface area contributed by atoms with Crippen LogP contribution >= 0.6 is 23.2 Å². The molecule has 0 amide bonds. The van der Waals surface area contributed by atoms with Gasteiger partial charge in [-0.15, -0.1) is 13.2 Å². The highest BCUT2D eigenvalue weighted by Gasteiger charge is 2.31. The zero-order chi connectivity index (χ0) is 11.6. The second kappa shape index (κ2) is 4.17. The monoisotopic (exact) mass is 255 g/mol. The van der Waals surface area contributed by atoms with Gasteiger partial charge >= 0.3 is 6.36 Å². The first-order valence-corrected chi connectivity index (χ1v) is 4.24. The largest absolute Gasteiger partial charge is 0.573 e. The summed E-state index contributed by atoms with van der Waals surface area (Å²) in [6.07, 6.45) is -4.82. The zero-order valence-electron chi connectivity index (χ0n) is 6.90. The number of hydrogen-bond donors (Lipinski definition) is 0. The van der Waals surface area contributed by atoms with Crippen molar-refractivity contribution in [3.8, 4) is 11.8 Å². The van der Waals surface area contributed by atoms with Crippen molar-refractivity contribution in [2.75, 3.05) is 0 Å². The molecule has 2 nitrogen and oxygen atoms in total. The molecule has 0 aliphatic heterocycles. The predicted molar refractivity (Wildman–Crippen MR) is 47.9 cm³/mol. The average Bonchev–Trinajstić information content (AvgIpc) is 1.99. The molecule has 0 fully saturated rings. The molecule has 0 radical (unpaired) electrons. The maximum absolute atomic E-state index is 11.8. The Morgan fingerprint density at radius 2 is 1.67 bits per heavy atom. The third kappa shape index (κ3) is 3.18. The molecule has 0 unspecified atom stereocenters. The van der Waals surface area contributed by atoms with E-state index in [1.165, 1.54) is 0 Å². The van der Waals surface area contributed by atoms with Gasteiger partial charge in [0, 0.05) is 12.1 Å². The number of nitriles is 1. The third-order valence-corrected chi connectivity index (χ3v) is 1.96. The predicted octanol–water partition coefficient (Wildman–Crippen LogP) is 3.76. The second-order valence-corrected chi connectivity index (χ2v) is 3.24. The van der Waals surface area contributed by atoms with Crippen molar-refractivity contribution in [1.82, 2.24) is 0 Å². The van der Waals surface area contributed by atoms with Crippen LogP contribution < -0.4 is 4.74 Å². The van der Waals surface area contributed by atoms with E-state index in [0.29, 0.717) is 0 Å². The van der Waals surface area contributed by atoms with Crippen molar-refractivity contribution >= 4 is 23.2 Å². The molecule has 1 aromatic carbocycles. The van der Waals surface area contributed by atoms with Crippen molar-refractivity contribution in [2.45, 2.75) is 6.36 Å². The van der Waals surface area contributed by atoms with E-state index >= 15 is 0 Å². The highest BCUT2D eigenvalue weighted by Crippen LogP contribution is 2.32. The molecule has 0 spiro atoms. The summed E-state index contributed by atoms with van der Waals surface area (Å²) < 4.78 is 39.0. The van der Waals surface area contributed by atoms with Gasteiger partial charge in [0.1, 0.15) is 11.8 Å². The molecule has 7 heteroatoms. The van der Waals surface area contributed by atoms with E-state index in [1.807, 2.05) is 0 Å².